The van der Waals surface area contributed by atoms with Crippen LogP contribution in [0.5, 0.6) is 0 Å². The number of carbonyl (C=O) groups is 2. The van der Waals surface area contributed by atoms with Gasteiger partial charge in [-0.05, 0) is 18.2 Å². The third kappa shape index (κ3) is 2.74. The van der Waals surface area contributed by atoms with Crippen LogP contribution in [0.1, 0.15) is 20.7 Å². The number of pyridine rings is 1. The Morgan fingerprint density at radius 3 is 2.58 bits per heavy atom. The number of halogens is 1. The van der Waals surface area contributed by atoms with E-state index in [4.69, 9.17) is 5.11 Å². The average molecular weight is 260 g/mol. The maximum atomic E-state index is 13.4. The van der Waals surface area contributed by atoms with Crippen molar-refractivity contribution in [1.29, 1.82) is 0 Å². The van der Waals surface area contributed by atoms with E-state index >= 15 is 0 Å². The van der Waals surface area contributed by atoms with E-state index in [1.165, 1.54) is 30.5 Å². The van der Waals surface area contributed by atoms with Crippen molar-refractivity contribution in [3.05, 3.63) is 59.7 Å². The SMILES string of the molecule is O=C(Nc1ccccc1C(=O)O)c1ccncc1F. The number of nitrogens with zero attached hydrogens (tertiary/aromatic N) is 1. The Labute approximate surface area is 107 Å². The normalized spacial score (nSPS) is 9.95. The molecule has 0 aliphatic rings. The number of rotatable bonds is 3. The van der Waals surface area contributed by atoms with Gasteiger partial charge < -0.3 is 10.4 Å². The van der Waals surface area contributed by atoms with Crippen LogP contribution in [0.25, 0.3) is 0 Å². The average Bonchev–Trinajstić information content (AvgIpc) is 2.39. The number of aromatic carboxylic acids is 1. The van der Waals surface area contributed by atoms with Gasteiger partial charge in [0.25, 0.3) is 5.91 Å². The third-order valence-electron chi connectivity index (χ3n) is 2.42. The molecule has 2 aromatic rings. The van der Waals surface area contributed by atoms with Gasteiger partial charge in [0.2, 0.25) is 0 Å². The number of amides is 1. The van der Waals surface area contributed by atoms with E-state index in [9.17, 15) is 14.0 Å². The largest absolute Gasteiger partial charge is 0.478 e. The molecule has 1 amide bonds. The van der Waals surface area contributed by atoms with Crippen molar-refractivity contribution < 1.29 is 19.1 Å². The lowest BCUT2D eigenvalue weighted by molar-refractivity contribution is 0.0698. The van der Waals surface area contributed by atoms with Gasteiger partial charge >= 0.3 is 5.97 Å². The summed E-state index contributed by atoms with van der Waals surface area (Å²) in [5, 5.41) is 11.3. The Morgan fingerprint density at radius 1 is 1.16 bits per heavy atom. The van der Waals surface area contributed by atoms with E-state index in [0.717, 1.165) is 6.20 Å². The molecule has 0 aliphatic carbocycles. The third-order valence-corrected chi connectivity index (χ3v) is 2.42. The molecule has 0 bridgehead atoms. The quantitative estimate of drug-likeness (QED) is 0.886. The van der Waals surface area contributed by atoms with E-state index in [-0.39, 0.29) is 16.8 Å². The minimum Gasteiger partial charge on any atom is -0.478 e. The predicted molar refractivity (Wildman–Crippen MR) is 65.5 cm³/mol. The number of aromatic nitrogens is 1. The van der Waals surface area contributed by atoms with Gasteiger partial charge in [-0.2, -0.15) is 0 Å². The van der Waals surface area contributed by atoms with Gasteiger partial charge in [-0.15, -0.1) is 0 Å². The number of nitrogens with one attached hydrogen (secondary N) is 1. The standard InChI is InChI=1S/C13H9FN2O3/c14-10-7-15-6-5-8(10)12(17)16-11-4-2-1-3-9(11)13(18)19/h1-7H,(H,16,17)(H,18,19). The van der Waals surface area contributed by atoms with Crippen LogP contribution in [0, 0.1) is 5.82 Å². The fourth-order valence-corrected chi connectivity index (χ4v) is 1.53. The first-order valence-corrected chi connectivity index (χ1v) is 5.33. The van der Waals surface area contributed by atoms with Gasteiger partial charge in [-0.3, -0.25) is 9.78 Å². The van der Waals surface area contributed by atoms with E-state index in [2.05, 4.69) is 10.3 Å². The van der Waals surface area contributed by atoms with Crippen LogP contribution in [-0.4, -0.2) is 22.0 Å². The number of carbonyl (C=O) groups excluding carboxylic acids is 1. The Morgan fingerprint density at radius 2 is 1.89 bits per heavy atom. The molecule has 0 atom stereocenters. The van der Waals surface area contributed by atoms with Gasteiger partial charge in [0, 0.05) is 6.20 Å². The van der Waals surface area contributed by atoms with Gasteiger partial charge in [0.1, 0.15) is 0 Å². The second-order valence-electron chi connectivity index (χ2n) is 3.66. The zero-order chi connectivity index (χ0) is 13.8. The fraction of sp³-hybridized carbons (Fsp3) is 0. The number of para-hydroxylation sites is 1. The van der Waals surface area contributed by atoms with Crippen molar-refractivity contribution in [2.45, 2.75) is 0 Å². The zero-order valence-corrected chi connectivity index (χ0v) is 9.63. The van der Waals surface area contributed by atoms with Crippen molar-refractivity contribution in [1.82, 2.24) is 4.98 Å². The topological polar surface area (TPSA) is 79.3 Å². The molecule has 0 saturated heterocycles. The number of hydrogen-bond donors (Lipinski definition) is 2. The highest BCUT2D eigenvalue weighted by atomic mass is 19.1. The van der Waals surface area contributed by atoms with Gasteiger partial charge in [0.15, 0.2) is 5.82 Å². The Kier molecular flexibility index (Phi) is 3.51. The molecule has 1 aromatic carbocycles. The monoisotopic (exact) mass is 260 g/mol. The van der Waals surface area contributed by atoms with Crippen molar-refractivity contribution in [2.75, 3.05) is 5.32 Å². The first-order valence-electron chi connectivity index (χ1n) is 5.33. The molecule has 0 aliphatic heterocycles. The smallest absolute Gasteiger partial charge is 0.337 e. The lowest BCUT2D eigenvalue weighted by Gasteiger charge is -2.08. The lowest BCUT2D eigenvalue weighted by Crippen LogP contribution is -2.16. The Hall–Kier alpha value is -2.76. The van der Waals surface area contributed by atoms with Crippen molar-refractivity contribution in [3.8, 4) is 0 Å². The highest BCUT2D eigenvalue weighted by Gasteiger charge is 2.15. The zero-order valence-electron chi connectivity index (χ0n) is 9.63. The van der Waals surface area contributed by atoms with Crippen molar-refractivity contribution >= 4 is 17.6 Å². The van der Waals surface area contributed by atoms with Gasteiger partial charge in [-0.1, -0.05) is 12.1 Å². The van der Waals surface area contributed by atoms with E-state index in [1.807, 2.05) is 0 Å². The number of anilines is 1. The molecular formula is C13H9FN2O3. The molecule has 2 N–H and O–H groups in total. The maximum absolute atomic E-state index is 13.4. The second-order valence-corrected chi connectivity index (χ2v) is 3.66. The molecule has 2 rings (SSSR count). The summed E-state index contributed by atoms with van der Waals surface area (Å²) in [5.41, 5.74) is -0.156. The molecule has 96 valence electrons. The molecule has 0 saturated carbocycles. The van der Waals surface area contributed by atoms with Gasteiger partial charge in [0.05, 0.1) is 23.0 Å². The summed E-state index contributed by atoms with van der Waals surface area (Å²) in [6.45, 7) is 0. The van der Waals surface area contributed by atoms with E-state index < -0.39 is 17.7 Å². The molecule has 0 fully saturated rings. The number of hydrogen-bond acceptors (Lipinski definition) is 3. The molecule has 6 heteroatoms. The minimum absolute atomic E-state index is 0.0645. The molecule has 5 nitrogen and oxygen atoms in total. The summed E-state index contributed by atoms with van der Waals surface area (Å²) in [5.74, 6) is -2.67. The predicted octanol–water partition coefficient (Wildman–Crippen LogP) is 2.17. The minimum atomic E-state index is -1.17. The molecule has 0 radical (unpaired) electrons. The van der Waals surface area contributed by atoms with E-state index in [1.54, 1.807) is 6.07 Å². The van der Waals surface area contributed by atoms with Crippen LogP contribution in [0.3, 0.4) is 0 Å². The summed E-state index contributed by atoms with van der Waals surface area (Å²) in [4.78, 5) is 26.3. The molecule has 19 heavy (non-hydrogen) atoms. The van der Waals surface area contributed by atoms with Gasteiger partial charge in [-0.25, -0.2) is 9.18 Å². The molecule has 1 aromatic heterocycles. The molecular weight excluding hydrogens is 251 g/mol. The summed E-state index contributed by atoms with van der Waals surface area (Å²) in [6, 6.07) is 7.10. The first-order chi connectivity index (χ1) is 9.09. The highest BCUT2D eigenvalue weighted by Crippen LogP contribution is 2.16. The summed E-state index contributed by atoms with van der Waals surface area (Å²) in [7, 11) is 0. The first kappa shape index (κ1) is 12.7. The van der Waals surface area contributed by atoms with Crippen LogP contribution in [0.2, 0.25) is 0 Å². The van der Waals surface area contributed by atoms with Crippen LogP contribution in [0.4, 0.5) is 10.1 Å². The lowest BCUT2D eigenvalue weighted by atomic mass is 10.1. The number of benzene rings is 1. The maximum Gasteiger partial charge on any atom is 0.337 e. The second kappa shape index (κ2) is 5.26. The highest BCUT2D eigenvalue weighted by molar-refractivity contribution is 6.07. The fourth-order valence-electron chi connectivity index (χ4n) is 1.53. The van der Waals surface area contributed by atoms with Crippen molar-refractivity contribution in [3.63, 3.8) is 0 Å². The van der Waals surface area contributed by atoms with Crippen LogP contribution < -0.4 is 5.32 Å². The van der Waals surface area contributed by atoms with E-state index in [0.29, 0.717) is 0 Å². The Bertz CT molecular complexity index is 643. The molecule has 0 spiro atoms. The van der Waals surface area contributed by atoms with Crippen molar-refractivity contribution in [2.24, 2.45) is 0 Å². The Balaban J connectivity index is 2.30. The molecule has 0 unspecified atom stereocenters. The molecule has 1 heterocycles. The number of carboxylic acids is 1. The van der Waals surface area contributed by atoms with Crippen LogP contribution in [-0.2, 0) is 0 Å². The van der Waals surface area contributed by atoms with Crippen LogP contribution >= 0.6 is 0 Å². The number of carboxylic acid groups (broad SMARTS) is 1. The van der Waals surface area contributed by atoms with Crippen LogP contribution in [0.15, 0.2) is 42.7 Å². The summed E-state index contributed by atoms with van der Waals surface area (Å²) in [6.07, 6.45) is 2.19. The summed E-state index contributed by atoms with van der Waals surface area (Å²) < 4.78 is 13.4. The summed E-state index contributed by atoms with van der Waals surface area (Å²) >= 11 is 0.